The maximum absolute atomic E-state index is 11.7. The predicted octanol–water partition coefficient (Wildman–Crippen LogP) is 2.09. The third-order valence-electron chi connectivity index (χ3n) is 3.62. The molecule has 1 aromatic rings. The number of nitrogens with one attached hydrogen (secondary N) is 2. The van der Waals surface area contributed by atoms with E-state index in [1.54, 1.807) is 11.3 Å². The fourth-order valence-corrected chi connectivity index (χ4v) is 3.00. The number of aryl methyl sites for hydroxylation is 1. The van der Waals surface area contributed by atoms with Crippen molar-refractivity contribution in [2.24, 2.45) is 11.8 Å². The van der Waals surface area contributed by atoms with Crippen molar-refractivity contribution in [3.63, 3.8) is 0 Å². The average molecular weight is 294 g/mol. The molecule has 0 saturated heterocycles. The van der Waals surface area contributed by atoms with Crippen LogP contribution in [0.1, 0.15) is 36.4 Å². The van der Waals surface area contributed by atoms with Gasteiger partial charge in [0.15, 0.2) is 0 Å². The Kier molecular flexibility index (Phi) is 5.17. The standard InChI is InChI=1S/C15H22N2O2S/c1-3-11-4-5-12(20-11)9-17-14(18)6-7-16-15(19)13-8-10(13)2/h4-5,10,13H,3,6-9H2,1-2H3,(H,16,19)(H,17,18)/t10-,13-/m0/s1. The molecule has 0 bridgehead atoms. The molecule has 1 fully saturated rings. The summed E-state index contributed by atoms with van der Waals surface area (Å²) in [4.78, 5) is 25.7. The first-order valence-corrected chi connectivity index (χ1v) is 8.03. The number of hydrogen-bond donors (Lipinski definition) is 2. The molecule has 0 aromatic carbocycles. The minimum atomic E-state index is -0.0133. The van der Waals surface area contributed by atoms with Gasteiger partial charge in [-0.05, 0) is 30.9 Å². The quantitative estimate of drug-likeness (QED) is 0.809. The van der Waals surface area contributed by atoms with Crippen LogP contribution >= 0.6 is 11.3 Å². The monoisotopic (exact) mass is 294 g/mol. The molecule has 0 spiro atoms. The molecule has 2 rings (SSSR count). The summed E-state index contributed by atoms with van der Waals surface area (Å²) in [7, 11) is 0. The molecule has 1 aliphatic rings. The SMILES string of the molecule is CCc1ccc(CNC(=O)CCNC(=O)[C@H]2C[C@@H]2C)s1. The summed E-state index contributed by atoms with van der Waals surface area (Å²) in [5.41, 5.74) is 0. The first-order chi connectivity index (χ1) is 9.60. The lowest BCUT2D eigenvalue weighted by Gasteiger charge is -2.05. The summed E-state index contributed by atoms with van der Waals surface area (Å²) < 4.78 is 0. The van der Waals surface area contributed by atoms with Crippen LogP contribution in [0.4, 0.5) is 0 Å². The average Bonchev–Trinajstić information content (AvgIpc) is 3.00. The first kappa shape index (κ1) is 15.0. The van der Waals surface area contributed by atoms with Crippen molar-refractivity contribution in [3.05, 3.63) is 21.9 Å². The molecule has 1 saturated carbocycles. The van der Waals surface area contributed by atoms with Gasteiger partial charge in [-0.3, -0.25) is 9.59 Å². The zero-order chi connectivity index (χ0) is 14.5. The molecule has 4 nitrogen and oxygen atoms in total. The van der Waals surface area contributed by atoms with E-state index in [2.05, 4.69) is 36.6 Å². The van der Waals surface area contributed by atoms with E-state index in [1.807, 2.05) is 0 Å². The molecule has 0 aliphatic heterocycles. The third kappa shape index (κ3) is 4.34. The fraction of sp³-hybridized carbons (Fsp3) is 0.600. The van der Waals surface area contributed by atoms with Crippen molar-refractivity contribution in [1.82, 2.24) is 10.6 Å². The van der Waals surface area contributed by atoms with E-state index in [9.17, 15) is 9.59 Å². The maximum atomic E-state index is 11.7. The highest BCUT2D eigenvalue weighted by Gasteiger charge is 2.38. The van der Waals surface area contributed by atoms with E-state index in [0.29, 0.717) is 25.4 Å². The zero-order valence-electron chi connectivity index (χ0n) is 12.1. The number of carbonyl (C=O) groups is 2. The van der Waals surface area contributed by atoms with Crippen LogP contribution in [0.15, 0.2) is 12.1 Å². The number of amides is 2. The van der Waals surface area contributed by atoms with Crippen LogP contribution in [0.3, 0.4) is 0 Å². The summed E-state index contributed by atoms with van der Waals surface area (Å²) >= 11 is 1.73. The van der Waals surface area contributed by atoms with Gasteiger partial charge in [-0.15, -0.1) is 11.3 Å². The summed E-state index contributed by atoms with van der Waals surface area (Å²) in [5, 5.41) is 5.70. The van der Waals surface area contributed by atoms with Gasteiger partial charge in [-0.1, -0.05) is 13.8 Å². The Morgan fingerprint density at radius 3 is 2.60 bits per heavy atom. The van der Waals surface area contributed by atoms with E-state index in [4.69, 9.17) is 0 Å². The number of rotatable bonds is 7. The lowest BCUT2D eigenvalue weighted by molar-refractivity contribution is -0.123. The summed E-state index contributed by atoms with van der Waals surface area (Å²) in [5.74, 6) is 0.767. The van der Waals surface area contributed by atoms with Gasteiger partial charge in [-0.25, -0.2) is 0 Å². The molecule has 1 heterocycles. The van der Waals surface area contributed by atoms with Gasteiger partial charge < -0.3 is 10.6 Å². The van der Waals surface area contributed by atoms with E-state index >= 15 is 0 Å². The second kappa shape index (κ2) is 6.88. The van der Waals surface area contributed by atoms with Crippen molar-refractivity contribution in [2.75, 3.05) is 6.54 Å². The topological polar surface area (TPSA) is 58.2 Å². The normalized spacial score (nSPS) is 20.5. The molecule has 2 amide bonds. The van der Waals surface area contributed by atoms with Gasteiger partial charge in [-0.2, -0.15) is 0 Å². The van der Waals surface area contributed by atoms with Crippen LogP contribution in [0, 0.1) is 11.8 Å². The Morgan fingerprint density at radius 1 is 1.30 bits per heavy atom. The Bertz CT molecular complexity index is 484. The highest BCUT2D eigenvalue weighted by atomic mass is 32.1. The predicted molar refractivity (Wildman–Crippen MR) is 80.4 cm³/mol. The summed E-state index contributed by atoms with van der Waals surface area (Å²) in [6.45, 7) is 5.20. The van der Waals surface area contributed by atoms with E-state index in [0.717, 1.165) is 12.8 Å². The Morgan fingerprint density at radius 2 is 2.00 bits per heavy atom. The van der Waals surface area contributed by atoms with Crippen LogP contribution in [0.25, 0.3) is 0 Å². The third-order valence-corrected chi connectivity index (χ3v) is 4.85. The van der Waals surface area contributed by atoms with Crippen LogP contribution < -0.4 is 10.6 Å². The van der Waals surface area contributed by atoms with Crippen LogP contribution in [0.2, 0.25) is 0 Å². The second-order valence-corrected chi connectivity index (χ2v) is 6.61. The number of hydrogen-bond acceptors (Lipinski definition) is 3. The van der Waals surface area contributed by atoms with Gasteiger partial charge in [0.25, 0.3) is 0 Å². The van der Waals surface area contributed by atoms with Gasteiger partial charge in [0, 0.05) is 28.6 Å². The Hall–Kier alpha value is -1.36. The molecule has 2 atom stereocenters. The molecular weight excluding hydrogens is 272 g/mol. The van der Waals surface area contributed by atoms with E-state index < -0.39 is 0 Å². The first-order valence-electron chi connectivity index (χ1n) is 7.22. The van der Waals surface area contributed by atoms with Crippen molar-refractivity contribution in [1.29, 1.82) is 0 Å². The van der Waals surface area contributed by atoms with Gasteiger partial charge in [0.1, 0.15) is 0 Å². The summed E-state index contributed by atoms with van der Waals surface area (Å²) in [6.07, 6.45) is 2.36. The van der Waals surface area contributed by atoms with Gasteiger partial charge in [0.2, 0.25) is 11.8 Å². The van der Waals surface area contributed by atoms with Crippen molar-refractivity contribution < 1.29 is 9.59 Å². The van der Waals surface area contributed by atoms with Crippen molar-refractivity contribution in [3.8, 4) is 0 Å². The molecule has 20 heavy (non-hydrogen) atoms. The molecule has 110 valence electrons. The molecule has 0 radical (unpaired) electrons. The van der Waals surface area contributed by atoms with Crippen LogP contribution in [-0.2, 0) is 22.6 Å². The minimum absolute atomic E-state index is 0.0133. The minimum Gasteiger partial charge on any atom is -0.355 e. The molecule has 2 N–H and O–H groups in total. The fourth-order valence-electron chi connectivity index (χ4n) is 2.10. The second-order valence-electron chi connectivity index (χ2n) is 5.36. The van der Waals surface area contributed by atoms with Crippen LogP contribution in [0.5, 0.6) is 0 Å². The molecule has 0 unspecified atom stereocenters. The summed E-state index contributed by atoms with van der Waals surface area (Å²) in [6, 6.07) is 4.16. The molecule has 1 aromatic heterocycles. The Balaban J connectivity index is 1.59. The van der Waals surface area contributed by atoms with Gasteiger partial charge >= 0.3 is 0 Å². The zero-order valence-corrected chi connectivity index (χ0v) is 12.9. The highest BCUT2D eigenvalue weighted by Crippen LogP contribution is 2.37. The number of carbonyl (C=O) groups excluding carboxylic acids is 2. The number of thiophene rings is 1. The van der Waals surface area contributed by atoms with Crippen molar-refractivity contribution in [2.45, 2.75) is 39.7 Å². The Labute approximate surface area is 124 Å². The van der Waals surface area contributed by atoms with E-state index in [-0.39, 0.29) is 17.7 Å². The molecular formula is C15H22N2O2S. The van der Waals surface area contributed by atoms with Gasteiger partial charge in [0.05, 0.1) is 6.54 Å². The largest absolute Gasteiger partial charge is 0.355 e. The lowest BCUT2D eigenvalue weighted by atomic mass is 10.3. The highest BCUT2D eigenvalue weighted by molar-refractivity contribution is 7.11. The van der Waals surface area contributed by atoms with Crippen LogP contribution in [-0.4, -0.2) is 18.4 Å². The maximum Gasteiger partial charge on any atom is 0.223 e. The molecule has 5 heteroatoms. The van der Waals surface area contributed by atoms with E-state index in [1.165, 1.54) is 9.75 Å². The van der Waals surface area contributed by atoms with Crippen molar-refractivity contribution >= 4 is 23.2 Å². The molecule has 1 aliphatic carbocycles. The smallest absolute Gasteiger partial charge is 0.223 e. The lowest BCUT2D eigenvalue weighted by Crippen LogP contribution is -2.31.